The molecule has 0 amide bonds. The summed E-state index contributed by atoms with van der Waals surface area (Å²) in [5, 5.41) is 0. The number of carbonyl (C=O) groups is 3. The summed E-state index contributed by atoms with van der Waals surface area (Å²) in [6.45, 7) is 10.2. The van der Waals surface area contributed by atoms with Crippen molar-refractivity contribution in [2.75, 3.05) is 52.5 Å². The van der Waals surface area contributed by atoms with Gasteiger partial charge in [-0.2, -0.15) is 0 Å². The van der Waals surface area contributed by atoms with Gasteiger partial charge in [0.25, 0.3) is 0 Å². The van der Waals surface area contributed by atoms with Crippen LogP contribution < -0.4 is 0 Å². The molecule has 3 saturated carbocycles. The highest BCUT2D eigenvalue weighted by Gasteiger charge is 2.68. The largest absolute Gasteiger partial charge is 0.465 e. The van der Waals surface area contributed by atoms with Crippen LogP contribution in [0.1, 0.15) is 136 Å². The minimum absolute atomic E-state index is 0.0506. The molecule has 8 nitrogen and oxygen atoms in total. The number of esters is 3. The van der Waals surface area contributed by atoms with Crippen LogP contribution in [0.3, 0.4) is 0 Å². The smallest absolute Gasteiger partial charge is 0.309 e. The van der Waals surface area contributed by atoms with Crippen LogP contribution in [0.4, 0.5) is 0 Å². The van der Waals surface area contributed by atoms with E-state index >= 15 is 0 Å². The van der Waals surface area contributed by atoms with Gasteiger partial charge in [-0.05, 0) is 140 Å². The van der Waals surface area contributed by atoms with E-state index in [1.165, 1.54) is 83.7 Å². The van der Waals surface area contributed by atoms with Gasteiger partial charge in [0, 0.05) is 12.5 Å². The number of carbonyl (C=O) groups excluding carboxylic acids is 3. The van der Waals surface area contributed by atoms with Gasteiger partial charge in [0.05, 0.1) is 17.8 Å². The van der Waals surface area contributed by atoms with Gasteiger partial charge in [-0.3, -0.25) is 14.4 Å². The van der Waals surface area contributed by atoms with E-state index in [0.717, 1.165) is 64.6 Å². The standard InChI is InChI=1S/C44H72N2O6/c1-3-5-6-7-8-9-10-11-12-13-14-15-16-17-18-19-39(47)50-31-34(33-52-44(49)42-40-36-20-21-37(30-36)41(40)42)32-51-43(48)35-22-28-46(29-23-35)38-24-26-45(4-2)27-25-38/h8-9,11-12,34-38,40-42H,3-7,10,13-33H2,1-2H3/b9-8-,12-11-/t34?,36-,37+,40+,41-,42-. The molecule has 0 aromatic carbocycles. The van der Waals surface area contributed by atoms with Crippen LogP contribution in [0.15, 0.2) is 24.3 Å². The first-order chi connectivity index (χ1) is 25.5. The highest BCUT2D eigenvalue weighted by Crippen LogP contribution is 2.69. The second-order valence-electron chi connectivity index (χ2n) is 16.8. The van der Waals surface area contributed by atoms with Gasteiger partial charge in [0.15, 0.2) is 0 Å². The van der Waals surface area contributed by atoms with Crippen molar-refractivity contribution >= 4 is 17.9 Å². The number of unbranched alkanes of at least 4 members (excludes halogenated alkanes) is 8. The summed E-state index contributed by atoms with van der Waals surface area (Å²) in [5.41, 5.74) is 0. The Labute approximate surface area is 315 Å². The lowest BCUT2D eigenvalue weighted by Gasteiger charge is -2.41. The van der Waals surface area contributed by atoms with Crippen LogP contribution in [-0.2, 0) is 28.6 Å². The van der Waals surface area contributed by atoms with E-state index in [1.54, 1.807) is 0 Å². The van der Waals surface area contributed by atoms with Crippen molar-refractivity contribution in [3.63, 3.8) is 0 Å². The van der Waals surface area contributed by atoms with E-state index < -0.39 is 0 Å². The maximum absolute atomic E-state index is 13.2. The van der Waals surface area contributed by atoms with E-state index in [2.05, 4.69) is 48.0 Å². The molecule has 1 unspecified atom stereocenters. The fraction of sp³-hybridized carbons (Fsp3) is 0.841. The summed E-state index contributed by atoms with van der Waals surface area (Å²) < 4.78 is 17.4. The zero-order valence-electron chi connectivity index (χ0n) is 32.9. The predicted molar refractivity (Wildman–Crippen MR) is 206 cm³/mol. The number of likely N-dealkylation sites (tertiary alicyclic amines) is 2. The molecule has 0 aromatic rings. The lowest BCUT2D eigenvalue weighted by atomic mass is 9.93. The van der Waals surface area contributed by atoms with Gasteiger partial charge < -0.3 is 24.0 Å². The average molecular weight is 725 g/mol. The molecule has 8 heteroatoms. The summed E-state index contributed by atoms with van der Waals surface area (Å²) in [6, 6.07) is 0.625. The van der Waals surface area contributed by atoms with Gasteiger partial charge in [-0.1, -0.05) is 70.3 Å². The van der Waals surface area contributed by atoms with Gasteiger partial charge in [0.2, 0.25) is 0 Å². The quantitative estimate of drug-likeness (QED) is 0.0424. The van der Waals surface area contributed by atoms with Crippen molar-refractivity contribution < 1.29 is 28.6 Å². The van der Waals surface area contributed by atoms with Crippen molar-refractivity contribution in [3.05, 3.63) is 24.3 Å². The van der Waals surface area contributed by atoms with Crippen LogP contribution in [0.25, 0.3) is 0 Å². The molecule has 2 bridgehead atoms. The molecule has 294 valence electrons. The van der Waals surface area contributed by atoms with Crippen molar-refractivity contribution in [2.45, 2.75) is 142 Å². The Morgan fingerprint density at radius 2 is 1.25 bits per heavy atom. The van der Waals surface area contributed by atoms with Gasteiger partial charge in [-0.15, -0.1) is 0 Å². The Balaban J connectivity index is 0.957. The van der Waals surface area contributed by atoms with Gasteiger partial charge in [0.1, 0.15) is 19.8 Å². The van der Waals surface area contributed by atoms with Crippen LogP contribution in [0, 0.1) is 41.4 Å². The molecule has 5 aliphatic rings. The minimum Gasteiger partial charge on any atom is -0.465 e. The van der Waals surface area contributed by atoms with Crippen LogP contribution in [0.2, 0.25) is 0 Å². The zero-order valence-corrected chi connectivity index (χ0v) is 32.9. The normalized spacial score (nSPS) is 27.3. The number of hydrogen-bond acceptors (Lipinski definition) is 8. The summed E-state index contributed by atoms with van der Waals surface area (Å²) in [7, 11) is 0. The number of rotatable bonds is 24. The molecule has 0 aromatic heterocycles. The lowest BCUT2D eigenvalue weighted by molar-refractivity contribution is -0.157. The molecule has 3 aliphatic carbocycles. The van der Waals surface area contributed by atoms with E-state index in [1.807, 2.05) is 0 Å². The van der Waals surface area contributed by atoms with Crippen molar-refractivity contribution in [3.8, 4) is 0 Å². The molecule has 0 radical (unpaired) electrons. The van der Waals surface area contributed by atoms with E-state index in [-0.39, 0.29) is 55.5 Å². The number of ether oxygens (including phenoxy) is 3. The first-order valence-electron chi connectivity index (χ1n) is 21.7. The van der Waals surface area contributed by atoms with Crippen molar-refractivity contribution in [2.24, 2.45) is 41.4 Å². The molecule has 0 N–H and O–H groups in total. The third-order valence-corrected chi connectivity index (χ3v) is 13.1. The lowest BCUT2D eigenvalue weighted by Crippen LogP contribution is -2.48. The fourth-order valence-electron chi connectivity index (χ4n) is 9.86. The molecule has 2 heterocycles. The van der Waals surface area contributed by atoms with E-state index in [0.29, 0.717) is 36.1 Å². The summed E-state index contributed by atoms with van der Waals surface area (Å²) in [4.78, 5) is 44.0. The molecular formula is C44H72N2O6. The number of piperidine rings is 2. The fourth-order valence-corrected chi connectivity index (χ4v) is 9.86. The zero-order chi connectivity index (χ0) is 36.5. The molecular weight excluding hydrogens is 652 g/mol. The molecule has 5 rings (SSSR count). The molecule has 52 heavy (non-hydrogen) atoms. The maximum atomic E-state index is 13.2. The first-order valence-corrected chi connectivity index (χ1v) is 21.7. The van der Waals surface area contributed by atoms with Crippen molar-refractivity contribution in [1.29, 1.82) is 0 Å². The monoisotopic (exact) mass is 725 g/mol. The number of nitrogens with zero attached hydrogens (tertiary/aromatic N) is 2. The Morgan fingerprint density at radius 3 is 1.90 bits per heavy atom. The SMILES string of the molecule is CCCCC/C=C\C/C=C\CCCCCCCC(=O)OCC(COC(=O)C1CCN(C2CCN(CC)CC2)CC1)COC(=O)[C@@H]1[C@H]2[C@@H]3CC[C@@H](C3)[C@@H]12. The summed E-state index contributed by atoms with van der Waals surface area (Å²) in [6.07, 6.45) is 29.9. The third kappa shape index (κ3) is 12.7. The van der Waals surface area contributed by atoms with Crippen LogP contribution in [0.5, 0.6) is 0 Å². The Bertz CT molecular complexity index is 1120. The highest BCUT2D eigenvalue weighted by atomic mass is 16.6. The molecule has 2 saturated heterocycles. The number of allylic oxidation sites excluding steroid dienone is 4. The van der Waals surface area contributed by atoms with Crippen LogP contribution >= 0.6 is 0 Å². The topological polar surface area (TPSA) is 85.4 Å². The summed E-state index contributed by atoms with van der Waals surface area (Å²) >= 11 is 0. The second kappa shape index (κ2) is 22.3. The Kier molecular flexibility index (Phi) is 17.5. The second-order valence-corrected chi connectivity index (χ2v) is 16.8. The number of hydrogen-bond donors (Lipinski definition) is 0. The molecule has 0 spiro atoms. The Hall–Kier alpha value is -2.19. The maximum Gasteiger partial charge on any atom is 0.309 e. The predicted octanol–water partition coefficient (Wildman–Crippen LogP) is 8.53. The molecule has 2 aliphatic heterocycles. The van der Waals surface area contributed by atoms with Crippen LogP contribution in [-0.4, -0.2) is 86.3 Å². The summed E-state index contributed by atoms with van der Waals surface area (Å²) in [5.74, 6) is 1.57. The van der Waals surface area contributed by atoms with E-state index in [4.69, 9.17) is 14.2 Å². The van der Waals surface area contributed by atoms with E-state index in [9.17, 15) is 14.4 Å². The van der Waals surface area contributed by atoms with Crippen molar-refractivity contribution in [1.82, 2.24) is 9.80 Å². The first kappa shape index (κ1) is 41.0. The molecule has 6 atom stereocenters. The average Bonchev–Trinajstić information content (AvgIpc) is 3.61. The highest BCUT2D eigenvalue weighted by molar-refractivity contribution is 5.77. The number of fused-ring (bicyclic) bond motifs is 5. The van der Waals surface area contributed by atoms with Gasteiger partial charge in [-0.25, -0.2) is 0 Å². The minimum atomic E-state index is -0.347. The van der Waals surface area contributed by atoms with Gasteiger partial charge >= 0.3 is 17.9 Å². The Morgan fingerprint density at radius 1 is 0.654 bits per heavy atom. The molecule has 5 fully saturated rings. The third-order valence-electron chi connectivity index (χ3n) is 13.1.